The van der Waals surface area contributed by atoms with Crippen LogP contribution in [-0.2, 0) is 67.1 Å². The highest BCUT2D eigenvalue weighted by atomic mass is 32.2. The minimum atomic E-state index is -4.05. The third kappa shape index (κ3) is 10.9. The molecule has 5 N–H and O–H groups in total. The minimum Gasteiger partial charge on any atom is -0.490 e. The molecular formula is C46H53N11O12S2. The van der Waals surface area contributed by atoms with Gasteiger partial charge in [-0.1, -0.05) is 12.1 Å². The number of nitrogens with two attached hydrogens (primary N) is 1. The van der Waals surface area contributed by atoms with Crippen molar-refractivity contribution in [2.45, 2.75) is 35.1 Å². The highest BCUT2D eigenvalue weighted by molar-refractivity contribution is 7.93. The summed E-state index contributed by atoms with van der Waals surface area (Å²) in [6.45, 7) is 4.58. The molecule has 0 amide bonds. The zero-order valence-corrected chi connectivity index (χ0v) is 41.6. The molecule has 71 heavy (non-hydrogen) atoms. The molecule has 9 rings (SSSR count). The fraction of sp³-hybridized carbons (Fsp3) is 0.304. The Labute approximate surface area is 407 Å². The molecule has 0 saturated carbocycles. The number of hydrogen-bond acceptors (Lipinski definition) is 15. The van der Waals surface area contributed by atoms with Crippen molar-refractivity contribution in [1.82, 2.24) is 37.4 Å². The van der Waals surface area contributed by atoms with Gasteiger partial charge in [-0.05, 0) is 50.2 Å². The van der Waals surface area contributed by atoms with Crippen LogP contribution in [0.4, 0.5) is 11.4 Å². The number of aromatic nitrogens is 8. The van der Waals surface area contributed by atoms with Crippen LogP contribution in [0.2, 0.25) is 0 Å². The lowest BCUT2D eigenvalue weighted by molar-refractivity contribution is 0.0195. The van der Waals surface area contributed by atoms with Crippen molar-refractivity contribution < 1.29 is 45.6 Å². The summed E-state index contributed by atoms with van der Waals surface area (Å²) in [7, 11) is 1.75. The van der Waals surface area contributed by atoms with E-state index in [-0.39, 0.29) is 63.1 Å². The highest BCUT2D eigenvalue weighted by Crippen LogP contribution is 2.38. The number of aliphatic hydroxyl groups is 1. The molecule has 376 valence electrons. The largest absolute Gasteiger partial charge is 0.490 e. The van der Waals surface area contributed by atoms with Gasteiger partial charge in [0.1, 0.15) is 47.4 Å². The molecular weight excluding hydrogens is 963 g/mol. The number of fused-ring (bicyclic) bond motifs is 2. The van der Waals surface area contributed by atoms with E-state index in [9.17, 15) is 31.5 Å². The van der Waals surface area contributed by atoms with Crippen LogP contribution in [0, 0.1) is 0 Å². The lowest BCUT2D eigenvalue weighted by Crippen LogP contribution is -2.40. The monoisotopic (exact) mass is 1020 g/mol. The summed E-state index contributed by atoms with van der Waals surface area (Å²) in [6.07, 6.45) is 5.54. The summed E-state index contributed by atoms with van der Waals surface area (Å²) >= 11 is 0. The number of nitrogens with zero attached hydrogens (tertiary/aromatic N) is 8. The van der Waals surface area contributed by atoms with Gasteiger partial charge in [-0.3, -0.25) is 27.7 Å². The molecule has 1 aliphatic heterocycles. The van der Waals surface area contributed by atoms with Crippen LogP contribution in [0.15, 0.2) is 117 Å². The molecule has 4 aromatic carbocycles. The predicted octanol–water partition coefficient (Wildman–Crippen LogP) is 3.66. The van der Waals surface area contributed by atoms with Gasteiger partial charge in [-0.2, -0.15) is 16.8 Å². The van der Waals surface area contributed by atoms with Gasteiger partial charge in [-0.15, -0.1) is 0 Å². The molecule has 1 aliphatic rings. The van der Waals surface area contributed by atoms with Crippen molar-refractivity contribution in [3.8, 4) is 34.5 Å². The number of ether oxygens (including phenoxy) is 5. The summed E-state index contributed by atoms with van der Waals surface area (Å²) < 4.78 is 94.9. The van der Waals surface area contributed by atoms with E-state index in [2.05, 4.69) is 19.4 Å². The van der Waals surface area contributed by atoms with E-state index < -0.39 is 25.6 Å². The highest BCUT2D eigenvalue weighted by Gasteiger charge is 2.40. The molecule has 1 saturated heterocycles. The molecule has 0 bridgehead atoms. The molecule has 0 radical (unpaired) electrons. The van der Waals surface area contributed by atoms with Crippen LogP contribution >= 0.6 is 0 Å². The second kappa shape index (κ2) is 19.0. The molecule has 8 aromatic rings. The van der Waals surface area contributed by atoms with Gasteiger partial charge in [0.2, 0.25) is 0 Å². The summed E-state index contributed by atoms with van der Waals surface area (Å²) in [4.78, 5) is 32.8. The van der Waals surface area contributed by atoms with Gasteiger partial charge in [-0.25, -0.2) is 19.6 Å². The molecule has 2 atom stereocenters. The van der Waals surface area contributed by atoms with Gasteiger partial charge in [0, 0.05) is 85.5 Å². The number of sulfonamides is 2. The van der Waals surface area contributed by atoms with E-state index in [0.717, 1.165) is 0 Å². The zero-order valence-electron chi connectivity index (χ0n) is 40.0. The van der Waals surface area contributed by atoms with Crippen molar-refractivity contribution in [1.29, 1.82) is 0 Å². The van der Waals surface area contributed by atoms with Gasteiger partial charge >= 0.3 is 11.4 Å². The van der Waals surface area contributed by atoms with Crippen molar-refractivity contribution in [3.63, 3.8) is 0 Å². The lowest BCUT2D eigenvalue weighted by atomic mass is 10.1. The quantitative estimate of drug-likeness (QED) is 0.0948. The first kappa shape index (κ1) is 49.8. The van der Waals surface area contributed by atoms with E-state index >= 15 is 0 Å². The Morgan fingerprint density at radius 1 is 0.676 bits per heavy atom. The number of aryl methyl sites for hydroxylation is 6. The summed E-state index contributed by atoms with van der Waals surface area (Å²) in [5.41, 5.74) is 6.01. The van der Waals surface area contributed by atoms with Crippen molar-refractivity contribution >= 4 is 53.5 Å². The fourth-order valence-corrected chi connectivity index (χ4v) is 9.17. The Bertz CT molecular complexity index is 3660. The SMILES string of the molecule is Cn1cnc(S(=O)(=O)Nc2cc3c(cc2Oc2cccc(OCC(C)(O)CN)c2)n(C)c(=O)n3C)c1.Cn1cnc(S(=O)(=O)Nc2cc3c(cc2Oc2cccc(OCC4(C)CO4)c2)n(C)c(=O)n3C)c1. The van der Waals surface area contributed by atoms with Crippen LogP contribution in [0.1, 0.15) is 13.8 Å². The summed E-state index contributed by atoms with van der Waals surface area (Å²) in [5.74, 6) is 2.16. The average Bonchev–Trinajstić information content (AvgIpc) is 3.55. The maximum atomic E-state index is 13.0. The number of imidazole rings is 4. The van der Waals surface area contributed by atoms with Crippen molar-refractivity contribution in [3.05, 3.63) is 119 Å². The van der Waals surface area contributed by atoms with Gasteiger partial charge in [0.15, 0.2) is 21.6 Å². The maximum absolute atomic E-state index is 13.0. The molecule has 5 heterocycles. The first-order valence-electron chi connectivity index (χ1n) is 21.7. The maximum Gasteiger partial charge on any atom is 0.328 e. The normalized spacial score (nSPS) is 15.5. The number of rotatable bonds is 17. The van der Waals surface area contributed by atoms with Crippen LogP contribution in [0.25, 0.3) is 22.1 Å². The number of epoxide rings is 1. The average molecular weight is 1020 g/mol. The molecule has 4 aromatic heterocycles. The van der Waals surface area contributed by atoms with Crippen molar-refractivity contribution in [2.24, 2.45) is 48.0 Å². The molecule has 25 heteroatoms. The molecule has 2 unspecified atom stereocenters. The third-order valence-electron chi connectivity index (χ3n) is 11.4. The number of nitrogens with one attached hydrogen (secondary N) is 2. The van der Waals surface area contributed by atoms with E-state index in [4.69, 9.17) is 29.4 Å². The third-order valence-corrected chi connectivity index (χ3v) is 13.9. The van der Waals surface area contributed by atoms with E-state index in [1.165, 1.54) is 58.5 Å². The molecule has 0 spiro atoms. The number of anilines is 2. The Morgan fingerprint density at radius 2 is 1.07 bits per heavy atom. The van der Waals surface area contributed by atoms with Crippen molar-refractivity contribution in [2.75, 3.05) is 35.8 Å². The zero-order chi connectivity index (χ0) is 51.2. The Morgan fingerprint density at radius 3 is 1.45 bits per heavy atom. The van der Waals surface area contributed by atoms with Gasteiger partial charge in [0.05, 0.1) is 52.7 Å². The number of benzene rings is 4. The van der Waals surface area contributed by atoms with Crippen LogP contribution in [-0.4, -0.2) is 96.9 Å². The number of hydrogen-bond donors (Lipinski definition) is 4. The van der Waals surface area contributed by atoms with E-state index in [1.54, 1.807) is 116 Å². The van der Waals surface area contributed by atoms with E-state index in [0.29, 0.717) is 58.3 Å². The topological polar surface area (TPSA) is 278 Å². The van der Waals surface area contributed by atoms with Crippen LogP contribution in [0.5, 0.6) is 34.5 Å². The first-order chi connectivity index (χ1) is 33.4. The van der Waals surface area contributed by atoms with Gasteiger partial charge in [0.25, 0.3) is 20.0 Å². The van der Waals surface area contributed by atoms with Gasteiger partial charge < -0.3 is 43.7 Å². The Kier molecular flexibility index (Phi) is 13.3. The lowest BCUT2D eigenvalue weighted by Gasteiger charge is -2.21. The minimum absolute atomic E-state index is 0.0266. The fourth-order valence-electron chi connectivity index (χ4n) is 7.08. The van der Waals surface area contributed by atoms with E-state index in [1.807, 2.05) is 6.92 Å². The smallest absolute Gasteiger partial charge is 0.328 e. The second-order valence-electron chi connectivity index (χ2n) is 17.6. The predicted molar refractivity (Wildman–Crippen MR) is 262 cm³/mol. The Hall–Kier alpha value is -7.58. The first-order valence-corrected chi connectivity index (χ1v) is 24.7. The summed E-state index contributed by atoms with van der Waals surface area (Å²) in [6, 6.07) is 20.0. The standard InChI is InChI=1S/C23H28N6O6S.C23H25N5O6S/c1-23(31,12-24)13-34-15-6-5-7-16(8-15)35-20-10-19-18(28(3)22(30)29(19)4)9-17(20)26-36(32,33)21-11-27(2)14-25-21;1-23(13-33-23)12-32-15-6-5-7-16(8-15)34-20-10-19-18(27(3)22(29)28(19)4)9-17(20)25-35(30,31)21-11-26(2)14-24-21/h5-11,14,26,31H,12-13,24H2,1-4H3;5-11,14,25H,12-13H2,1-4H3. The second-order valence-corrected chi connectivity index (χ2v) is 20.9. The molecule has 1 fully saturated rings. The summed E-state index contributed by atoms with van der Waals surface area (Å²) in [5, 5.41) is 9.79. The molecule has 0 aliphatic carbocycles. The van der Waals surface area contributed by atoms with Crippen LogP contribution < -0.4 is 45.5 Å². The Balaban J connectivity index is 0.000000190. The van der Waals surface area contributed by atoms with Crippen LogP contribution in [0.3, 0.4) is 0 Å². The molecule has 23 nitrogen and oxygen atoms in total.